The second-order valence-electron chi connectivity index (χ2n) is 7.68. The predicted octanol–water partition coefficient (Wildman–Crippen LogP) is 2.36. The summed E-state index contributed by atoms with van der Waals surface area (Å²) in [6.07, 6.45) is 2.96. The Morgan fingerprint density at radius 2 is 1.87 bits per heavy atom. The SMILES string of the molecule is CN(Cc1nc2ccsc2c(=O)[nH]1)C(=O)Cc1ccc(S(=O)(=O)N2CCCCC2)cc1. The number of carbonyl (C=O) groups excluding carboxylic acids is 1. The molecule has 2 aromatic heterocycles. The van der Waals surface area contributed by atoms with Crippen molar-refractivity contribution in [3.63, 3.8) is 0 Å². The van der Waals surface area contributed by atoms with Gasteiger partial charge in [-0.25, -0.2) is 13.4 Å². The van der Waals surface area contributed by atoms with E-state index in [-0.39, 0.29) is 29.3 Å². The topological polar surface area (TPSA) is 103 Å². The zero-order valence-corrected chi connectivity index (χ0v) is 18.8. The second-order valence-corrected chi connectivity index (χ2v) is 10.5. The Hall–Kier alpha value is -2.56. The first kappa shape index (κ1) is 21.7. The molecule has 0 saturated carbocycles. The van der Waals surface area contributed by atoms with Gasteiger partial charge in [-0.2, -0.15) is 4.31 Å². The van der Waals surface area contributed by atoms with Gasteiger partial charge in [-0.05, 0) is 42.0 Å². The van der Waals surface area contributed by atoms with Crippen molar-refractivity contribution in [1.82, 2.24) is 19.2 Å². The van der Waals surface area contributed by atoms with Crippen molar-refractivity contribution < 1.29 is 13.2 Å². The number of H-pyrrole nitrogens is 1. The third-order valence-electron chi connectivity index (χ3n) is 5.41. The Bertz CT molecular complexity index is 1240. The van der Waals surface area contributed by atoms with Gasteiger partial charge in [-0.1, -0.05) is 18.6 Å². The zero-order valence-electron chi connectivity index (χ0n) is 17.2. The normalized spacial score (nSPS) is 15.3. The summed E-state index contributed by atoms with van der Waals surface area (Å²) < 4.78 is 27.6. The number of benzene rings is 1. The molecule has 1 aliphatic rings. The minimum Gasteiger partial charge on any atom is -0.338 e. The lowest BCUT2D eigenvalue weighted by molar-refractivity contribution is -0.129. The number of likely N-dealkylation sites (N-methyl/N-ethyl adjacent to an activating group) is 1. The lowest BCUT2D eigenvalue weighted by atomic mass is 10.1. The molecule has 0 bridgehead atoms. The smallest absolute Gasteiger partial charge is 0.268 e. The van der Waals surface area contributed by atoms with Crippen LogP contribution in [0.5, 0.6) is 0 Å². The van der Waals surface area contributed by atoms with Crippen LogP contribution in [0.2, 0.25) is 0 Å². The average Bonchev–Trinajstić information content (AvgIpc) is 3.24. The molecule has 0 spiro atoms. The van der Waals surface area contributed by atoms with E-state index in [1.54, 1.807) is 42.8 Å². The standard InChI is InChI=1S/C21H24N4O4S2/c1-24(14-18-22-17-9-12-30-20(17)21(27)23-18)19(26)13-15-5-7-16(8-6-15)31(28,29)25-10-3-2-4-11-25/h5-9,12H,2-4,10-11,13-14H2,1H3,(H,22,23,27). The number of hydrogen-bond acceptors (Lipinski definition) is 6. The molecule has 0 unspecified atom stereocenters. The van der Waals surface area contributed by atoms with Crippen molar-refractivity contribution in [2.75, 3.05) is 20.1 Å². The van der Waals surface area contributed by atoms with E-state index >= 15 is 0 Å². The number of aromatic nitrogens is 2. The molecule has 164 valence electrons. The van der Waals surface area contributed by atoms with Crippen LogP contribution in [-0.2, 0) is 27.8 Å². The van der Waals surface area contributed by atoms with Gasteiger partial charge < -0.3 is 9.88 Å². The molecule has 1 fully saturated rings. The molecule has 31 heavy (non-hydrogen) atoms. The molecule has 3 aromatic rings. The van der Waals surface area contributed by atoms with E-state index in [0.29, 0.717) is 29.1 Å². The molecule has 0 atom stereocenters. The maximum atomic E-state index is 12.7. The van der Waals surface area contributed by atoms with Gasteiger partial charge in [0.2, 0.25) is 15.9 Å². The Labute approximate surface area is 184 Å². The third-order valence-corrected chi connectivity index (χ3v) is 8.22. The third kappa shape index (κ3) is 4.70. The number of rotatable bonds is 6. The number of carbonyl (C=O) groups is 1. The van der Waals surface area contributed by atoms with E-state index in [1.807, 2.05) is 0 Å². The van der Waals surface area contributed by atoms with Crippen molar-refractivity contribution in [2.24, 2.45) is 0 Å². The first-order valence-corrected chi connectivity index (χ1v) is 12.5. The molecule has 1 N–H and O–H groups in total. The minimum absolute atomic E-state index is 0.130. The Balaban J connectivity index is 1.41. The van der Waals surface area contributed by atoms with Crippen LogP contribution in [0, 0.1) is 0 Å². The molecule has 8 nitrogen and oxygen atoms in total. The summed E-state index contributed by atoms with van der Waals surface area (Å²) in [6.45, 7) is 1.29. The molecule has 0 radical (unpaired) electrons. The minimum atomic E-state index is -3.48. The molecule has 1 aromatic carbocycles. The van der Waals surface area contributed by atoms with Crippen LogP contribution >= 0.6 is 11.3 Å². The van der Waals surface area contributed by atoms with E-state index < -0.39 is 10.0 Å². The van der Waals surface area contributed by atoms with Crippen LogP contribution < -0.4 is 5.56 Å². The van der Waals surface area contributed by atoms with Crippen LogP contribution in [0.15, 0.2) is 45.4 Å². The highest BCUT2D eigenvalue weighted by molar-refractivity contribution is 7.89. The van der Waals surface area contributed by atoms with Gasteiger partial charge in [0.1, 0.15) is 10.5 Å². The van der Waals surface area contributed by atoms with E-state index in [9.17, 15) is 18.0 Å². The van der Waals surface area contributed by atoms with Crippen LogP contribution in [0.4, 0.5) is 0 Å². The van der Waals surface area contributed by atoms with E-state index in [2.05, 4.69) is 9.97 Å². The number of nitrogens with one attached hydrogen (secondary N) is 1. The molecule has 1 aliphatic heterocycles. The van der Waals surface area contributed by atoms with Gasteiger partial charge in [-0.3, -0.25) is 9.59 Å². The lowest BCUT2D eigenvalue weighted by Gasteiger charge is -2.25. The van der Waals surface area contributed by atoms with Crippen molar-refractivity contribution in [3.8, 4) is 0 Å². The number of amides is 1. The summed E-state index contributed by atoms with van der Waals surface area (Å²) in [4.78, 5) is 33.6. The number of thiophene rings is 1. The maximum Gasteiger partial charge on any atom is 0.268 e. The Kier molecular flexibility index (Phi) is 6.22. The quantitative estimate of drug-likeness (QED) is 0.608. The van der Waals surface area contributed by atoms with E-state index in [4.69, 9.17) is 0 Å². The summed E-state index contributed by atoms with van der Waals surface area (Å²) in [5.74, 6) is 0.273. The molecular weight excluding hydrogens is 436 g/mol. The highest BCUT2D eigenvalue weighted by Gasteiger charge is 2.25. The predicted molar refractivity (Wildman–Crippen MR) is 119 cm³/mol. The number of hydrogen-bond donors (Lipinski definition) is 1. The molecule has 4 rings (SSSR count). The lowest BCUT2D eigenvalue weighted by Crippen LogP contribution is -2.35. The van der Waals surface area contributed by atoms with Gasteiger partial charge in [0, 0.05) is 20.1 Å². The van der Waals surface area contributed by atoms with Crippen LogP contribution in [0.1, 0.15) is 30.7 Å². The van der Waals surface area contributed by atoms with Gasteiger partial charge in [0.15, 0.2) is 0 Å². The van der Waals surface area contributed by atoms with Crippen molar-refractivity contribution in [3.05, 3.63) is 57.5 Å². The van der Waals surface area contributed by atoms with Crippen molar-refractivity contribution >= 4 is 37.5 Å². The maximum absolute atomic E-state index is 12.7. The molecule has 1 amide bonds. The van der Waals surface area contributed by atoms with Crippen LogP contribution in [0.25, 0.3) is 10.2 Å². The molecule has 1 saturated heterocycles. The molecule has 0 aliphatic carbocycles. The largest absolute Gasteiger partial charge is 0.338 e. The first-order chi connectivity index (χ1) is 14.8. The van der Waals surface area contributed by atoms with Gasteiger partial charge >= 0.3 is 0 Å². The summed E-state index contributed by atoms with van der Waals surface area (Å²) in [7, 11) is -1.84. The fourth-order valence-corrected chi connectivity index (χ4v) is 5.90. The summed E-state index contributed by atoms with van der Waals surface area (Å²) >= 11 is 1.33. The highest BCUT2D eigenvalue weighted by Crippen LogP contribution is 2.21. The van der Waals surface area contributed by atoms with Crippen LogP contribution in [-0.4, -0.2) is 53.6 Å². The number of nitrogens with zero attached hydrogens (tertiary/aromatic N) is 3. The fourth-order valence-electron chi connectivity index (χ4n) is 3.65. The highest BCUT2D eigenvalue weighted by atomic mass is 32.2. The zero-order chi connectivity index (χ0) is 22.0. The van der Waals surface area contributed by atoms with Crippen molar-refractivity contribution in [1.29, 1.82) is 0 Å². The number of aromatic amines is 1. The van der Waals surface area contributed by atoms with E-state index in [1.165, 1.54) is 20.5 Å². The van der Waals surface area contributed by atoms with Gasteiger partial charge in [0.25, 0.3) is 5.56 Å². The molecule has 3 heterocycles. The van der Waals surface area contributed by atoms with Crippen LogP contribution in [0.3, 0.4) is 0 Å². The molecular formula is C21H24N4O4S2. The number of fused-ring (bicyclic) bond motifs is 1. The first-order valence-electron chi connectivity index (χ1n) is 10.1. The fraction of sp³-hybridized carbons (Fsp3) is 0.381. The monoisotopic (exact) mass is 460 g/mol. The van der Waals surface area contributed by atoms with E-state index in [0.717, 1.165) is 24.8 Å². The van der Waals surface area contributed by atoms with Gasteiger partial charge in [0.05, 0.1) is 23.4 Å². The number of sulfonamides is 1. The Morgan fingerprint density at radius 1 is 1.16 bits per heavy atom. The number of piperidine rings is 1. The summed E-state index contributed by atoms with van der Waals surface area (Å²) in [5.41, 5.74) is 1.14. The Morgan fingerprint density at radius 3 is 2.58 bits per heavy atom. The molecule has 10 heteroatoms. The van der Waals surface area contributed by atoms with Crippen molar-refractivity contribution in [2.45, 2.75) is 37.1 Å². The average molecular weight is 461 g/mol. The van der Waals surface area contributed by atoms with Gasteiger partial charge in [-0.15, -0.1) is 11.3 Å². The summed E-state index contributed by atoms with van der Waals surface area (Å²) in [6, 6.07) is 8.27. The summed E-state index contributed by atoms with van der Waals surface area (Å²) in [5, 5.41) is 1.81. The second kappa shape index (κ2) is 8.89.